The number of likely N-dealkylation sites (N-methyl/N-ethyl adjacent to an activating group) is 1. The maximum absolute atomic E-state index is 13.3. The fourth-order valence-corrected chi connectivity index (χ4v) is 4.65. The highest BCUT2D eigenvalue weighted by molar-refractivity contribution is 6.33. The molecular weight excluding hydrogens is 546 g/mol. The number of hydrazine groups is 1. The predicted octanol–water partition coefficient (Wildman–Crippen LogP) is 5.38. The third-order valence-corrected chi connectivity index (χ3v) is 6.40. The van der Waals surface area contributed by atoms with Crippen LogP contribution in [0.5, 0.6) is 0 Å². The molecule has 0 aliphatic heterocycles. The zero-order chi connectivity index (χ0) is 31.6. The first-order chi connectivity index (χ1) is 20.4. The van der Waals surface area contributed by atoms with E-state index in [0.717, 1.165) is 32.8 Å². The summed E-state index contributed by atoms with van der Waals surface area (Å²) in [4.78, 5) is 50.8. The summed E-state index contributed by atoms with van der Waals surface area (Å²) in [6, 6.07) is 23.8. The van der Waals surface area contributed by atoms with Gasteiger partial charge < -0.3 is 14.8 Å². The van der Waals surface area contributed by atoms with Crippen molar-refractivity contribution in [3.8, 4) is 11.1 Å². The van der Waals surface area contributed by atoms with E-state index in [0.29, 0.717) is 0 Å². The molecule has 1 aliphatic rings. The molecule has 0 spiro atoms. The molecule has 9 heteroatoms. The molecule has 1 atom stereocenters. The van der Waals surface area contributed by atoms with E-state index in [4.69, 9.17) is 9.47 Å². The summed E-state index contributed by atoms with van der Waals surface area (Å²) in [5.74, 6) is -2.95. The summed E-state index contributed by atoms with van der Waals surface area (Å²) in [5.41, 5.74) is 6.61. The molecule has 0 unspecified atom stereocenters. The average molecular weight is 588 g/mol. The molecule has 0 radical (unpaired) electrons. The van der Waals surface area contributed by atoms with Crippen LogP contribution in [0.25, 0.3) is 11.1 Å². The van der Waals surface area contributed by atoms with E-state index >= 15 is 0 Å². The highest BCUT2D eigenvalue weighted by atomic mass is 16.6. The molecule has 2 N–H and O–H groups in total. The van der Waals surface area contributed by atoms with Crippen LogP contribution >= 0.6 is 0 Å². The van der Waals surface area contributed by atoms with Gasteiger partial charge in [0.1, 0.15) is 18.2 Å². The summed E-state index contributed by atoms with van der Waals surface area (Å²) >= 11 is 0. The number of nitrogens with zero attached hydrogens (tertiary/aromatic N) is 1. The number of benzene rings is 3. The molecule has 3 aromatic rings. The quantitative estimate of drug-likeness (QED) is 0.227. The second kappa shape index (κ2) is 15.0. The van der Waals surface area contributed by atoms with Crippen molar-refractivity contribution in [2.45, 2.75) is 65.0 Å². The second-order valence-electron chi connectivity index (χ2n) is 11.3. The van der Waals surface area contributed by atoms with Crippen molar-refractivity contribution in [3.05, 3.63) is 95.6 Å². The van der Waals surface area contributed by atoms with E-state index in [2.05, 4.69) is 24.6 Å². The van der Waals surface area contributed by atoms with Gasteiger partial charge >= 0.3 is 18.0 Å². The molecule has 0 aromatic heterocycles. The van der Waals surface area contributed by atoms with Crippen LogP contribution in [0.3, 0.4) is 0 Å². The summed E-state index contributed by atoms with van der Waals surface area (Å²) in [6.45, 7) is 9.23. The largest absolute Gasteiger partial charge is 0.453 e. The lowest BCUT2D eigenvalue weighted by Crippen LogP contribution is -2.55. The van der Waals surface area contributed by atoms with Gasteiger partial charge in [0.05, 0.1) is 0 Å². The Hall–Kier alpha value is -4.66. The topological polar surface area (TPSA) is 114 Å². The molecule has 3 amide bonds. The summed E-state index contributed by atoms with van der Waals surface area (Å²) in [6.07, 6.45) is 0.514. The smallest absolute Gasteiger partial charge is 0.426 e. The van der Waals surface area contributed by atoms with Crippen molar-refractivity contribution in [1.29, 1.82) is 0 Å². The van der Waals surface area contributed by atoms with Crippen LogP contribution in [0.1, 0.15) is 63.6 Å². The van der Waals surface area contributed by atoms with Crippen molar-refractivity contribution in [2.24, 2.45) is 0 Å². The van der Waals surface area contributed by atoms with Crippen molar-refractivity contribution in [3.63, 3.8) is 0 Å². The van der Waals surface area contributed by atoms with Crippen LogP contribution in [-0.2, 0) is 30.3 Å². The van der Waals surface area contributed by atoms with Crippen molar-refractivity contribution in [1.82, 2.24) is 15.8 Å². The minimum atomic E-state index is -1.15. The Morgan fingerprint density at radius 2 is 1.35 bits per heavy atom. The number of carbonyl (C=O) groups excluding carboxylic acids is 4. The zero-order valence-electron chi connectivity index (χ0n) is 25.7. The maximum atomic E-state index is 13.3. The molecule has 0 fully saturated rings. The number of ether oxygens (including phenoxy) is 2. The Balaban J connectivity index is 0.00000162. The Morgan fingerprint density at radius 1 is 0.837 bits per heavy atom. The van der Waals surface area contributed by atoms with Crippen molar-refractivity contribution < 1.29 is 28.7 Å². The number of fused-ring (bicyclic) bond motifs is 3. The second-order valence-corrected chi connectivity index (χ2v) is 11.3. The Morgan fingerprint density at radius 3 is 1.88 bits per heavy atom. The fraction of sp³-hybridized carbons (Fsp3) is 0.353. The highest BCUT2D eigenvalue weighted by Crippen LogP contribution is 2.44. The number of amides is 3. The number of hydrogen-bond donors (Lipinski definition) is 2. The monoisotopic (exact) mass is 587 g/mol. The van der Waals surface area contributed by atoms with Crippen LogP contribution in [0, 0.1) is 0 Å². The molecule has 228 valence electrons. The molecule has 0 bridgehead atoms. The van der Waals surface area contributed by atoms with Gasteiger partial charge in [-0.05, 0) is 48.6 Å². The summed E-state index contributed by atoms with van der Waals surface area (Å²) in [5, 5.41) is 3.39. The minimum absolute atomic E-state index is 0.0741. The molecule has 3 aromatic carbocycles. The van der Waals surface area contributed by atoms with E-state index in [9.17, 15) is 19.2 Å². The lowest BCUT2D eigenvalue weighted by Gasteiger charge is -2.25. The molecule has 0 saturated carbocycles. The van der Waals surface area contributed by atoms with Gasteiger partial charge in [-0.15, -0.1) is 0 Å². The Kier molecular flexibility index (Phi) is 11.5. The maximum Gasteiger partial charge on any atom is 0.426 e. The lowest BCUT2D eigenvalue weighted by molar-refractivity contribution is -0.164. The standard InChI is InChI=1S/C31H33N3O6.C3H8/c1-31(2,3)40-29(37)27(35)32-26(18-20-12-6-5-7-13-20)28(36)34(4)33-30(38)39-19-25-23-16-10-8-14-21(23)22-15-9-11-17-24(22)25;1-3-2/h5-17,25-26H,18-19H2,1-4H3,(H,32,35)(H,33,38);3H2,1-2H3/t26-;/m0./s1. The van der Waals surface area contributed by atoms with Crippen LogP contribution in [0.4, 0.5) is 4.79 Å². The number of carbonyl (C=O) groups is 4. The Bertz CT molecular complexity index is 1370. The lowest BCUT2D eigenvalue weighted by atomic mass is 9.98. The fourth-order valence-electron chi connectivity index (χ4n) is 4.65. The number of esters is 1. The van der Waals surface area contributed by atoms with Crippen LogP contribution in [0.2, 0.25) is 0 Å². The van der Waals surface area contributed by atoms with Crippen molar-refractivity contribution in [2.75, 3.05) is 13.7 Å². The van der Waals surface area contributed by atoms with E-state index in [1.807, 2.05) is 54.6 Å². The molecule has 4 rings (SSSR count). The number of rotatable bonds is 6. The third-order valence-electron chi connectivity index (χ3n) is 6.40. The van der Waals surface area contributed by atoms with E-state index < -0.39 is 35.5 Å². The zero-order valence-corrected chi connectivity index (χ0v) is 25.7. The predicted molar refractivity (Wildman–Crippen MR) is 165 cm³/mol. The van der Waals surface area contributed by atoms with E-state index in [1.165, 1.54) is 13.5 Å². The molecule has 43 heavy (non-hydrogen) atoms. The van der Waals surface area contributed by atoms with Gasteiger partial charge in [0.25, 0.3) is 5.91 Å². The van der Waals surface area contributed by atoms with Gasteiger partial charge in [-0.1, -0.05) is 99.1 Å². The first-order valence-corrected chi connectivity index (χ1v) is 14.4. The molecule has 9 nitrogen and oxygen atoms in total. The summed E-state index contributed by atoms with van der Waals surface area (Å²) < 4.78 is 10.6. The molecule has 0 saturated heterocycles. The number of hydrogen-bond acceptors (Lipinski definition) is 6. The van der Waals surface area contributed by atoms with Gasteiger partial charge in [0, 0.05) is 19.4 Å². The van der Waals surface area contributed by atoms with E-state index in [-0.39, 0.29) is 18.9 Å². The highest BCUT2D eigenvalue weighted by Gasteiger charge is 2.32. The van der Waals surface area contributed by atoms with Gasteiger partial charge in [0.15, 0.2) is 0 Å². The van der Waals surface area contributed by atoms with E-state index in [1.54, 1.807) is 45.0 Å². The average Bonchev–Trinajstić information content (AvgIpc) is 3.29. The summed E-state index contributed by atoms with van der Waals surface area (Å²) in [7, 11) is 1.35. The SMILES string of the molecule is CCC.CN(NC(=O)OCC1c2ccccc2-c2ccccc21)C(=O)[C@H](Cc1ccccc1)NC(=O)C(=O)OC(C)(C)C. The van der Waals surface area contributed by atoms with Gasteiger partial charge in [0.2, 0.25) is 0 Å². The number of nitrogens with one attached hydrogen (secondary N) is 2. The Labute approximate surface area is 253 Å². The van der Waals surface area contributed by atoms with Crippen LogP contribution in [-0.4, -0.2) is 54.2 Å². The normalized spacial score (nSPS) is 12.4. The molecule has 0 heterocycles. The third kappa shape index (κ3) is 9.16. The minimum Gasteiger partial charge on any atom is -0.453 e. The first-order valence-electron chi connectivity index (χ1n) is 14.4. The van der Waals surface area contributed by atoms with Gasteiger partial charge in [-0.3, -0.25) is 14.6 Å². The molecular formula is C34H41N3O6. The van der Waals surface area contributed by atoms with Crippen LogP contribution < -0.4 is 10.7 Å². The van der Waals surface area contributed by atoms with Crippen molar-refractivity contribution >= 4 is 23.9 Å². The first kappa shape index (κ1) is 32.8. The van der Waals surface area contributed by atoms with Gasteiger partial charge in [-0.2, -0.15) is 0 Å². The van der Waals surface area contributed by atoms with Crippen LogP contribution in [0.15, 0.2) is 78.9 Å². The van der Waals surface area contributed by atoms with Gasteiger partial charge in [-0.25, -0.2) is 15.0 Å². The molecule has 1 aliphatic carbocycles.